The number of aromatic nitrogens is 3. The Bertz CT molecular complexity index is 1090. The van der Waals surface area contributed by atoms with E-state index in [1.54, 1.807) is 11.0 Å². The van der Waals surface area contributed by atoms with Gasteiger partial charge in [-0.15, -0.1) is 0 Å². The van der Waals surface area contributed by atoms with E-state index in [4.69, 9.17) is 4.74 Å². The molecule has 0 spiro atoms. The van der Waals surface area contributed by atoms with Gasteiger partial charge in [-0.3, -0.25) is 19.0 Å². The highest BCUT2D eigenvalue weighted by Crippen LogP contribution is 2.23. The summed E-state index contributed by atoms with van der Waals surface area (Å²) in [5.41, 5.74) is -0.0522. The molecule has 3 heterocycles. The molecule has 2 aromatic rings. The third-order valence-corrected chi connectivity index (χ3v) is 5.33. The van der Waals surface area contributed by atoms with Gasteiger partial charge in [0, 0.05) is 37.3 Å². The predicted molar refractivity (Wildman–Crippen MR) is 113 cm³/mol. The van der Waals surface area contributed by atoms with Crippen molar-refractivity contribution >= 4 is 23.5 Å². The molecular weight excluding hydrogens is 402 g/mol. The van der Waals surface area contributed by atoms with Crippen LogP contribution in [0.5, 0.6) is 5.88 Å². The Morgan fingerprint density at radius 2 is 2.03 bits per heavy atom. The molecular formula is C21H27N5O5. The average Bonchev–Trinajstić information content (AvgIpc) is 3.45. The zero-order valence-corrected chi connectivity index (χ0v) is 17.7. The molecule has 4 rings (SSSR count). The fourth-order valence-electron chi connectivity index (χ4n) is 3.60. The average molecular weight is 429 g/mol. The topological polar surface area (TPSA) is 118 Å². The molecule has 1 saturated heterocycles. The first-order valence-electron chi connectivity index (χ1n) is 10.6. The van der Waals surface area contributed by atoms with E-state index in [2.05, 4.69) is 10.4 Å². The van der Waals surface area contributed by atoms with Crippen molar-refractivity contribution in [1.29, 1.82) is 0 Å². The molecule has 0 bridgehead atoms. The van der Waals surface area contributed by atoms with Gasteiger partial charge in [-0.2, -0.15) is 9.61 Å². The summed E-state index contributed by atoms with van der Waals surface area (Å²) in [5, 5.41) is 17.6. The van der Waals surface area contributed by atoms with Crippen LogP contribution >= 0.6 is 0 Å². The molecule has 10 heteroatoms. The van der Waals surface area contributed by atoms with Crippen LogP contribution in [-0.4, -0.2) is 68.3 Å². The number of nitrogens with zero attached hydrogens (tertiary/aromatic N) is 4. The van der Waals surface area contributed by atoms with E-state index in [-0.39, 0.29) is 23.4 Å². The van der Waals surface area contributed by atoms with Crippen LogP contribution in [0.15, 0.2) is 17.1 Å². The molecule has 31 heavy (non-hydrogen) atoms. The number of rotatable bonds is 6. The minimum absolute atomic E-state index is 0.0443. The lowest BCUT2D eigenvalue weighted by Gasteiger charge is -2.25. The van der Waals surface area contributed by atoms with Crippen molar-refractivity contribution in [1.82, 2.24) is 24.4 Å². The molecule has 2 fully saturated rings. The monoisotopic (exact) mass is 429 g/mol. The van der Waals surface area contributed by atoms with Crippen LogP contribution in [0.2, 0.25) is 0 Å². The second-order valence-electron chi connectivity index (χ2n) is 8.36. The molecule has 1 saturated carbocycles. The summed E-state index contributed by atoms with van der Waals surface area (Å²) in [5.74, 6) is -1.16. The number of morpholine rings is 1. The molecule has 1 aliphatic heterocycles. The van der Waals surface area contributed by atoms with E-state index in [0.29, 0.717) is 44.1 Å². The molecule has 2 aromatic heterocycles. The fraction of sp³-hybridized carbons (Fsp3) is 0.524. The molecule has 2 amide bonds. The molecule has 2 aliphatic rings. The van der Waals surface area contributed by atoms with Crippen molar-refractivity contribution < 1.29 is 19.4 Å². The molecule has 1 aliphatic carbocycles. The van der Waals surface area contributed by atoms with Crippen LogP contribution in [0.3, 0.4) is 0 Å². The van der Waals surface area contributed by atoms with Crippen LogP contribution in [0.4, 0.5) is 0 Å². The maximum atomic E-state index is 13.2. The van der Waals surface area contributed by atoms with Gasteiger partial charge in [-0.25, -0.2) is 0 Å². The van der Waals surface area contributed by atoms with Crippen molar-refractivity contribution in [3.05, 3.63) is 33.8 Å². The van der Waals surface area contributed by atoms with Crippen LogP contribution in [0, 0.1) is 5.92 Å². The first-order chi connectivity index (χ1) is 14.9. The zero-order chi connectivity index (χ0) is 22.1. The first-order valence-corrected chi connectivity index (χ1v) is 10.6. The number of carbonyl (C=O) groups excluding carboxylic acids is 2. The molecule has 0 aromatic carbocycles. The van der Waals surface area contributed by atoms with Crippen LogP contribution in [0.25, 0.3) is 11.7 Å². The third-order valence-electron chi connectivity index (χ3n) is 5.33. The Labute approximate surface area is 179 Å². The Morgan fingerprint density at radius 3 is 2.68 bits per heavy atom. The summed E-state index contributed by atoms with van der Waals surface area (Å²) < 4.78 is 7.89. The molecule has 0 atom stereocenters. The number of fused-ring (bicyclic) bond motifs is 1. The van der Waals surface area contributed by atoms with Crippen molar-refractivity contribution in [2.24, 2.45) is 5.92 Å². The quantitative estimate of drug-likeness (QED) is 0.650. The Balaban J connectivity index is 1.75. The van der Waals surface area contributed by atoms with Gasteiger partial charge >= 0.3 is 0 Å². The van der Waals surface area contributed by atoms with Gasteiger partial charge in [0.2, 0.25) is 11.8 Å². The number of nitrogens with one attached hydrogen (secondary N) is 1. The van der Waals surface area contributed by atoms with Crippen LogP contribution in [0.1, 0.15) is 42.6 Å². The van der Waals surface area contributed by atoms with Crippen molar-refractivity contribution in [2.45, 2.75) is 39.3 Å². The third kappa shape index (κ3) is 4.34. The summed E-state index contributed by atoms with van der Waals surface area (Å²) in [6.45, 7) is 6.29. The van der Waals surface area contributed by atoms with E-state index in [1.165, 1.54) is 21.4 Å². The van der Waals surface area contributed by atoms with Crippen molar-refractivity contribution in [2.75, 3.05) is 26.3 Å². The van der Waals surface area contributed by atoms with Crippen LogP contribution < -0.4 is 10.9 Å². The second kappa shape index (κ2) is 8.54. The van der Waals surface area contributed by atoms with E-state index in [1.807, 2.05) is 13.8 Å². The largest absolute Gasteiger partial charge is 0.492 e. The lowest BCUT2D eigenvalue weighted by atomic mass is 10.2. The molecule has 0 radical (unpaired) electrons. The number of amides is 2. The van der Waals surface area contributed by atoms with Gasteiger partial charge in [0.15, 0.2) is 5.56 Å². The van der Waals surface area contributed by atoms with Crippen molar-refractivity contribution in [3.8, 4) is 5.88 Å². The van der Waals surface area contributed by atoms with Gasteiger partial charge < -0.3 is 20.1 Å². The van der Waals surface area contributed by atoms with E-state index < -0.39 is 17.3 Å². The Kier molecular flexibility index (Phi) is 5.81. The van der Waals surface area contributed by atoms with Gasteiger partial charge in [0.25, 0.3) is 11.5 Å². The number of ether oxygens (including phenoxy) is 1. The minimum Gasteiger partial charge on any atom is -0.492 e. The highest BCUT2D eigenvalue weighted by atomic mass is 16.5. The Hall–Kier alpha value is -3.14. The lowest BCUT2D eigenvalue weighted by Crippen LogP contribution is -2.39. The molecule has 166 valence electrons. The van der Waals surface area contributed by atoms with Crippen LogP contribution in [-0.2, 0) is 16.1 Å². The van der Waals surface area contributed by atoms with E-state index in [0.717, 1.165) is 12.8 Å². The molecule has 10 nitrogen and oxygen atoms in total. The van der Waals surface area contributed by atoms with E-state index in [9.17, 15) is 19.5 Å². The summed E-state index contributed by atoms with van der Waals surface area (Å²) in [6.07, 6.45) is 6.21. The summed E-state index contributed by atoms with van der Waals surface area (Å²) in [6, 6.07) is 0.0443. The van der Waals surface area contributed by atoms with Gasteiger partial charge in [0.1, 0.15) is 5.65 Å². The molecule has 2 N–H and O–H groups in total. The fourth-order valence-corrected chi connectivity index (χ4v) is 3.60. The lowest BCUT2D eigenvalue weighted by molar-refractivity contribution is -0.129. The number of carbonyl (C=O) groups is 2. The molecule has 0 unspecified atom stereocenters. The number of aromatic hydroxyl groups is 1. The summed E-state index contributed by atoms with van der Waals surface area (Å²) in [4.78, 5) is 40.0. The van der Waals surface area contributed by atoms with Gasteiger partial charge in [0.05, 0.1) is 19.4 Å². The maximum Gasteiger partial charge on any atom is 0.270 e. The van der Waals surface area contributed by atoms with Gasteiger partial charge in [-0.05, 0) is 24.8 Å². The first kappa shape index (κ1) is 21.1. The maximum absolute atomic E-state index is 13.2. The highest BCUT2D eigenvalue weighted by Gasteiger charge is 2.29. The minimum atomic E-state index is -0.598. The standard InChI is InChI=1S/C21H27N5O5/c1-13(2)12-25-19-14(3-6-16(27)24-7-9-31-10-8-24)11-22-26(19)21(30)17(20(25)29)18(28)23-15-4-5-15/h3,6,11,13,15,30H,4-5,7-10,12H2,1-2H3,(H,23,28)/b6-3+. The second-order valence-corrected chi connectivity index (χ2v) is 8.36. The van der Waals surface area contributed by atoms with E-state index >= 15 is 0 Å². The number of hydrogen-bond donors (Lipinski definition) is 2. The smallest absolute Gasteiger partial charge is 0.270 e. The van der Waals surface area contributed by atoms with Gasteiger partial charge in [-0.1, -0.05) is 13.8 Å². The Morgan fingerprint density at radius 1 is 1.32 bits per heavy atom. The summed E-state index contributed by atoms with van der Waals surface area (Å²) >= 11 is 0. The SMILES string of the molecule is CC(C)Cn1c(=O)c(C(=O)NC2CC2)c(O)n2ncc(/C=C/C(=O)N3CCOCC3)c12. The zero-order valence-electron chi connectivity index (χ0n) is 17.7. The predicted octanol–water partition coefficient (Wildman–Crippen LogP) is 0.622. The highest BCUT2D eigenvalue weighted by molar-refractivity contribution is 5.97. The normalized spacial score (nSPS) is 17.1. The van der Waals surface area contributed by atoms with Crippen molar-refractivity contribution in [3.63, 3.8) is 0 Å². The number of hydrogen-bond acceptors (Lipinski definition) is 6. The summed E-state index contributed by atoms with van der Waals surface area (Å²) in [7, 11) is 0.